The number of likely N-dealkylation sites (tertiary alicyclic amines) is 1. The number of esters is 1. The van der Waals surface area contributed by atoms with Crippen LogP contribution >= 0.6 is 11.8 Å². The predicted molar refractivity (Wildman–Crippen MR) is 164 cm³/mol. The molecule has 8 heteroatoms. The molecule has 1 spiro atoms. The second kappa shape index (κ2) is 11.3. The van der Waals surface area contributed by atoms with E-state index in [4.69, 9.17) is 4.74 Å². The summed E-state index contributed by atoms with van der Waals surface area (Å²) < 4.78 is 4.20. The van der Waals surface area contributed by atoms with E-state index in [0.29, 0.717) is 19.3 Å². The van der Waals surface area contributed by atoms with E-state index in [0.717, 1.165) is 16.5 Å². The van der Waals surface area contributed by atoms with Crippen LogP contribution in [0.2, 0.25) is 0 Å². The molecule has 5 rings (SSSR count). The molecule has 2 aromatic rings. The highest BCUT2D eigenvalue weighted by atomic mass is 32.2. The molecular formula is C33H40N2O5S. The van der Waals surface area contributed by atoms with E-state index in [9.17, 15) is 19.5 Å². The molecule has 3 fully saturated rings. The molecule has 0 aliphatic carbocycles. The third kappa shape index (κ3) is 4.79. The number of hydrogen-bond acceptors (Lipinski definition) is 6. The van der Waals surface area contributed by atoms with E-state index in [1.807, 2.05) is 63.2 Å². The number of carbonyl (C=O) groups excluding carboxylic acids is 3. The molecule has 2 aromatic carbocycles. The van der Waals surface area contributed by atoms with E-state index in [1.54, 1.807) is 27.6 Å². The van der Waals surface area contributed by atoms with E-state index in [-0.39, 0.29) is 37.5 Å². The fourth-order valence-electron chi connectivity index (χ4n) is 7.39. The van der Waals surface area contributed by atoms with Crippen LogP contribution in [0.15, 0.2) is 67.8 Å². The van der Waals surface area contributed by atoms with Crippen molar-refractivity contribution in [2.75, 3.05) is 24.7 Å². The van der Waals surface area contributed by atoms with E-state index in [2.05, 4.69) is 13.2 Å². The molecule has 0 aromatic heterocycles. The van der Waals surface area contributed by atoms with Crippen LogP contribution in [0.1, 0.15) is 40.0 Å². The van der Waals surface area contributed by atoms with E-state index < -0.39 is 39.4 Å². The molecule has 1 N–H and O–H groups in total. The summed E-state index contributed by atoms with van der Waals surface area (Å²) in [4.78, 5) is 46.1. The maximum Gasteiger partial charge on any atom is 0.311 e. The minimum absolute atomic E-state index is 0.0672. The van der Waals surface area contributed by atoms with Gasteiger partial charge in [-0.25, -0.2) is 0 Å². The van der Waals surface area contributed by atoms with Crippen molar-refractivity contribution in [2.45, 2.75) is 61.6 Å². The van der Waals surface area contributed by atoms with Crippen LogP contribution in [-0.4, -0.2) is 69.1 Å². The number of nitrogens with zero attached hydrogens (tertiary/aromatic N) is 2. The van der Waals surface area contributed by atoms with Crippen molar-refractivity contribution in [3.05, 3.63) is 67.8 Å². The quantitative estimate of drug-likeness (QED) is 0.300. The second-order valence-corrected chi connectivity index (χ2v) is 14.0. The number of thioether (sulfide) groups is 1. The number of anilines is 1. The zero-order valence-corrected chi connectivity index (χ0v) is 24.9. The molecule has 2 bridgehead atoms. The van der Waals surface area contributed by atoms with Gasteiger partial charge in [-0.3, -0.25) is 14.4 Å². The second-order valence-electron chi connectivity index (χ2n) is 12.1. The van der Waals surface area contributed by atoms with Gasteiger partial charge in [0.1, 0.15) is 12.6 Å². The van der Waals surface area contributed by atoms with Crippen LogP contribution in [0, 0.1) is 17.8 Å². The smallest absolute Gasteiger partial charge is 0.311 e. The molecule has 2 unspecified atom stereocenters. The highest BCUT2D eigenvalue weighted by Crippen LogP contribution is 2.72. The van der Waals surface area contributed by atoms with Gasteiger partial charge in [-0.2, -0.15) is 0 Å². The molecule has 0 radical (unpaired) electrons. The van der Waals surface area contributed by atoms with Gasteiger partial charge in [0.25, 0.3) is 5.91 Å². The Bertz CT molecular complexity index is 1380. The van der Waals surface area contributed by atoms with Crippen molar-refractivity contribution < 1.29 is 24.2 Å². The molecule has 3 aliphatic heterocycles. The highest BCUT2D eigenvalue weighted by molar-refractivity contribution is 8.02. The maximum atomic E-state index is 14.9. The predicted octanol–water partition coefficient (Wildman–Crippen LogP) is 4.98. The first-order valence-corrected chi connectivity index (χ1v) is 15.2. The highest BCUT2D eigenvalue weighted by Gasteiger charge is 2.78. The summed E-state index contributed by atoms with van der Waals surface area (Å²) >= 11 is 1.60. The van der Waals surface area contributed by atoms with Gasteiger partial charge in [-0.1, -0.05) is 62.9 Å². The monoisotopic (exact) mass is 576 g/mol. The maximum absolute atomic E-state index is 14.9. The molecule has 6 atom stereocenters. The van der Waals surface area contributed by atoms with Crippen LogP contribution < -0.4 is 4.90 Å². The summed E-state index contributed by atoms with van der Waals surface area (Å²) in [5.41, 5.74) is 0.718. The standard InChI is InChI=1S/C33H40N2O5S/c1-6-16-34(24-13-12-22-10-8-9-11-23(22)19-24)30(38)28-33-15-14-32(5,41-33)27(31(39)40-17-7-2)26(33)29(37)35(28)25(20-36)18-21(3)4/h6-13,19,21,25-28,36H,1-2,14-18,20H2,3-5H3/t25-,26+,27-,28?,32+,33?/m1/s1. The number of aliphatic hydroxyl groups excluding tert-OH is 1. The van der Waals surface area contributed by atoms with E-state index in [1.165, 1.54) is 6.08 Å². The molecule has 3 aliphatic rings. The molecule has 7 nitrogen and oxygen atoms in total. The average molecular weight is 577 g/mol. The van der Waals surface area contributed by atoms with Gasteiger partial charge < -0.3 is 19.6 Å². The van der Waals surface area contributed by atoms with Crippen LogP contribution in [-0.2, 0) is 19.1 Å². The zero-order chi connectivity index (χ0) is 29.5. The van der Waals surface area contributed by atoms with Crippen molar-refractivity contribution in [1.29, 1.82) is 0 Å². The van der Waals surface area contributed by atoms with Gasteiger partial charge in [0.05, 0.1) is 29.2 Å². The Balaban J connectivity index is 1.63. The Morgan fingerprint density at radius 3 is 2.56 bits per heavy atom. The first-order chi connectivity index (χ1) is 19.6. The average Bonchev–Trinajstić information content (AvgIpc) is 3.53. The van der Waals surface area contributed by atoms with Crippen LogP contribution in [0.5, 0.6) is 0 Å². The Morgan fingerprint density at radius 1 is 1.17 bits per heavy atom. The number of aliphatic hydroxyl groups is 1. The minimum Gasteiger partial charge on any atom is -0.461 e. The third-order valence-electron chi connectivity index (χ3n) is 9.02. The van der Waals surface area contributed by atoms with Gasteiger partial charge in [-0.05, 0) is 55.0 Å². The Morgan fingerprint density at radius 2 is 1.90 bits per heavy atom. The fourth-order valence-corrected chi connectivity index (χ4v) is 9.71. The molecule has 2 amide bonds. The summed E-state index contributed by atoms with van der Waals surface area (Å²) in [6, 6.07) is 12.5. The van der Waals surface area contributed by atoms with Gasteiger partial charge in [0, 0.05) is 17.0 Å². The Hall–Kier alpha value is -3.10. The van der Waals surface area contributed by atoms with Crippen LogP contribution in [0.25, 0.3) is 10.8 Å². The van der Waals surface area contributed by atoms with Gasteiger partial charge >= 0.3 is 5.97 Å². The summed E-state index contributed by atoms with van der Waals surface area (Å²) in [5.74, 6) is -2.07. The SMILES string of the molecule is C=CCOC(=O)[C@H]1[C@H]2C(=O)N([C@@H](CO)CC(C)C)C(C(=O)N(CC=C)c3ccc4ccccc4c3)C23CC[C@]1(C)S3. The van der Waals surface area contributed by atoms with Crippen molar-refractivity contribution in [2.24, 2.45) is 17.8 Å². The number of fused-ring (bicyclic) bond motifs is 2. The number of carbonyl (C=O) groups is 3. The van der Waals surface area contributed by atoms with Crippen LogP contribution in [0.4, 0.5) is 5.69 Å². The summed E-state index contributed by atoms with van der Waals surface area (Å²) in [5, 5.41) is 12.6. The molecule has 0 saturated carbocycles. The third-order valence-corrected chi connectivity index (χ3v) is 11.0. The van der Waals surface area contributed by atoms with Crippen molar-refractivity contribution >= 4 is 46.0 Å². The number of ether oxygens (including phenoxy) is 1. The van der Waals surface area contributed by atoms with Gasteiger partial charge in [-0.15, -0.1) is 18.3 Å². The summed E-state index contributed by atoms with van der Waals surface area (Å²) in [7, 11) is 0. The lowest BCUT2D eigenvalue weighted by atomic mass is 9.66. The largest absolute Gasteiger partial charge is 0.461 e. The first kappa shape index (κ1) is 29.4. The molecule has 218 valence electrons. The summed E-state index contributed by atoms with van der Waals surface area (Å²) in [6.07, 6.45) is 5.07. The Labute approximate surface area is 246 Å². The lowest BCUT2D eigenvalue weighted by Gasteiger charge is -2.40. The number of amides is 2. The lowest BCUT2D eigenvalue weighted by molar-refractivity contribution is -0.155. The molecular weight excluding hydrogens is 536 g/mol. The minimum atomic E-state index is -0.841. The topological polar surface area (TPSA) is 87.1 Å². The van der Waals surface area contributed by atoms with Crippen molar-refractivity contribution in [3.63, 3.8) is 0 Å². The Kier molecular flexibility index (Phi) is 8.09. The van der Waals surface area contributed by atoms with Crippen LogP contribution in [0.3, 0.4) is 0 Å². The summed E-state index contributed by atoms with van der Waals surface area (Å²) in [6.45, 7) is 13.7. The molecule has 41 heavy (non-hydrogen) atoms. The normalized spacial score (nSPS) is 29.0. The molecule has 3 saturated heterocycles. The number of hydrogen-bond donors (Lipinski definition) is 1. The zero-order valence-electron chi connectivity index (χ0n) is 24.1. The number of benzene rings is 2. The van der Waals surface area contributed by atoms with Gasteiger partial charge in [0.15, 0.2) is 0 Å². The van der Waals surface area contributed by atoms with Crippen molar-refractivity contribution in [1.82, 2.24) is 4.90 Å². The lowest BCUT2D eigenvalue weighted by Crippen LogP contribution is -2.57. The van der Waals surface area contributed by atoms with Crippen molar-refractivity contribution in [3.8, 4) is 0 Å². The fraction of sp³-hybridized carbons (Fsp3) is 0.485. The molecule has 3 heterocycles. The van der Waals surface area contributed by atoms with E-state index >= 15 is 0 Å². The first-order valence-electron chi connectivity index (χ1n) is 14.4. The number of rotatable bonds is 11. The van der Waals surface area contributed by atoms with Gasteiger partial charge in [0.2, 0.25) is 5.91 Å².